The minimum atomic E-state index is -0.381. The van der Waals surface area contributed by atoms with Crippen LogP contribution in [-0.2, 0) is 11.3 Å². The number of benzene rings is 3. The average molecular weight is 650 g/mol. The fourth-order valence-electron chi connectivity index (χ4n) is 3.53. The molecule has 0 aliphatic rings. The number of methoxy groups -OCH3 is 1. The number of aryl methyl sites for hydroxylation is 1. The summed E-state index contributed by atoms with van der Waals surface area (Å²) in [6, 6.07) is 16.4. The second-order valence-electron chi connectivity index (χ2n) is 8.18. The molecule has 0 unspecified atom stereocenters. The third-order valence-electron chi connectivity index (χ3n) is 5.33. The van der Waals surface area contributed by atoms with E-state index in [0.717, 1.165) is 11.3 Å². The van der Waals surface area contributed by atoms with Crippen molar-refractivity contribution in [2.24, 2.45) is 5.10 Å². The number of anilines is 1. The lowest BCUT2D eigenvalue weighted by molar-refractivity contribution is -0.118. The van der Waals surface area contributed by atoms with E-state index >= 15 is 0 Å². The number of ether oxygens (including phenoxy) is 1. The number of carbonyl (C=O) groups excluding carboxylic acids is 1. The topological polar surface area (TPSA) is 114 Å². The number of hydrogen-bond donors (Lipinski definition) is 3. The van der Waals surface area contributed by atoms with Crippen molar-refractivity contribution in [3.8, 4) is 17.2 Å². The van der Waals surface area contributed by atoms with Crippen molar-refractivity contribution in [2.45, 2.75) is 18.6 Å². The van der Waals surface area contributed by atoms with E-state index in [-0.39, 0.29) is 23.2 Å². The monoisotopic (exact) mass is 648 g/mol. The summed E-state index contributed by atoms with van der Waals surface area (Å²) >= 11 is 17.1. The Morgan fingerprint density at radius 1 is 1.21 bits per heavy atom. The van der Waals surface area contributed by atoms with Crippen molar-refractivity contribution in [1.29, 1.82) is 0 Å². The molecule has 4 rings (SSSR count). The second kappa shape index (κ2) is 13.2. The van der Waals surface area contributed by atoms with Crippen LogP contribution in [0.2, 0.25) is 10.0 Å². The Morgan fingerprint density at radius 2 is 2.03 bits per heavy atom. The van der Waals surface area contributed by atoms with E-state index in [9.17, 15) is 9.90 Å². The number of nitrogens with zero attached hydrogens (tertiary/aromatic N) is 4. The lowest BCUT2D eigenvalue weighted by Gasteiger charge is -2.13. The lowest BCUT2D eigenvalue weighted by Crippen LogP contribution is -2.20. The van der Waals surface area contributed by atoms with Crippen LogP contribution < -0.4 is 15.5 Å². The van der Waals surface area contributed by atoms with Gasteiger partial charge < -0.3 is 15.2 Å². The molecule has 3 N–H and O–H groups in total. The first-order chi connectivity index (χ1) is 18.7. The number of aromatic nitrogens is 3. The van der Waals surface area contributed by atoms with Gasteiger partial charge in [-0.3, -0.25) is 9.36 Å². The highest BCUT2D eigenvalue weighted by molar-refractivity contribution is 9.10. The van der Waals surface area contributed by atoms with Crippen molar-refractivity contribution >= 4 is 68.7 Å². The highest BCUT2D eigenvalue weighted by Gasteiger charge is 2.18. The van der Waals surface area contributed by atoms with Crippen LogP contribution in [0, 0.1) is 6.92 Å². The summed E-state index contributed by atoms with van der Waals surface area (Å²) in [7, 11) is 1.45. The third kappa shape index (κ3) is 7.45. The van der Waals surface area contributed by atoms with Gasteiger partial charge in [0.05, 0.1) is 36.3 Å². The first-order valence-electron chi connectivity index (χ1n) is 11.5. The molecule has 0 saturated carbocycles. The number of hydrogen-bond acceptors (Lipinski definition) is 8. The minimum Gasteiger partial charge on any atom is -0.504 e. The highest BCUT2D eigenvalue weighted by Crippen LogP contribution is 2.33. The number of phenols is 1. The molecule has 13 heteroatoms. The lowest BCUT2D eigenvalue weighted by atomic mass is 10.2. The molecule has 0 saturated heterocycles. The second-order valence-corrected chi connectivity index (χ2v) is 10.9. The maximum atomic E-state index is 12.5. The Balaban J connectivity index is 1.49. The van der Waals surface area contributed by atoms with Gasteiger partial charge in [0.25, 0.3) is 5.91 Å². The molecule has 202 valence electrons. The van der Waals surface area contributed by atoms with Crippen molar-refractivity contribution in [3.05, 3.63) is 86.1 Å². The predicted octanol–water partition coefficient (Wildman–Crippen LogP) is 6.21. The molecule has 3 aromatic carbocycles. The zero-order valence-corrected chi connectivity index (χ0v) is 24.7. The zero-order valence-electron chi connectivity index (χ0n) is 20.8. The first kappa shape index (κ1) is 28.8. The summed E-state index contributed by atoms with van der Waals surface area (Å²) in [4.78, 5) is 12.5. The number of rotatable bonds is 10. The van der Waals surface area contributed by atoms with Gasteiger partial charge >= 0.3 is 0 Å². The van der Waals surface area contributed by atoms with E-state index in [4.69, 9.17) is 27.9 Å². The van der Waals surface area contributed by atoms with E-state index in [2.05, 4.69) is 42.0 Å². The number of thioether (sulfide) groups is 1. The van der Waals surface area contributed by atoms with Crippen molar-refractivity contribution < 1.29 is 14.6 Å². The van der Waals surface area contributed by atoms with Crippen molar-refractivity contribution in [3.63, 3.8) is 0 Å². The number of halogens is 3. The molecule has 0 spiro atoms. The molecular formula is C26H23BrCl2N6O3S. The number of phenolic OH excluding ortho intramolecular Hbond substituents is 1. The zero-order chi connectivity index (χ0) is 27.9. The normalized spacial score (nSPS) is 11.1. The predicted molar refractivity (Wildman–Crippen MR) is 159 cm³/mol. The number of amides is 1. The summed E-state index contributed by atoms with van der Waals surface area (Å²) in [6.07, 6.45) is 1.33. The quantitative estimate of drug-likeness (QED) is 0.106. The molecule has 0 aliphatic carbocycles. The minimum absolute atomic E-state index is 0.000220. The van der Waals surface area contributed by atoms with E-state index in [0.29, 0.717) is 43.3 Å². The van der Waals surface area contributed by atoms with E-state index in [1.165, 1.54) is 25.1 Å². The molecule has 0 aliphatic heterocycles. The van der Waals surface area contributed by atoms with Gasteiger partial charge in [0, 0.05) is 20.7 Å². The standard InChI is InChI=1S/C26H23BrCl2N6O3S/c1-15-4-3-5-19(8-15)30-13-23-32-34-26(35(23)21-7-6-18(28)11-20(21)29)39-14-24(36)33-31-12-16-9-17(27)10-22(38-2)25(16)37/h3-12,30,37H,13-14H2,1-2H3,(H,33,36)/b31-12-. The fraction of sp³-hybridized carbons (Fsp3) is 0.154. The maximum absolute atomic E-state index is 12.5. The fourth-order valence-corrected chi connectivity index (χ4v) is 5.24. The molecule has 0 atom stereocenters. The molecule has 0 radical (unpaired) electrons. The molecule has 0 fully saturated rings. The van der Waals surface area contributed by atoms with Crippen molar-refractivity contribution in [1.82, 2.24) is 20.2 Å². The summed E-state index contributed by atoms with van der Waals surface area (Å²) in [5.74, 6) is 0.405. The molecule has 1 amide bonds. The summed E-state index contributed by atoms with van der Waals surface area (Å²) < 4.78 is 7.60. The van der Waals surface area contributed by atoms with Gasteiger partial charge in [0.1, 0.15) is 0 Å². The third-order valence-corrected chi connectivity index (χ3v) is 7.26. The van der Waals surface area contributed by atoms with Gasteiger partial charge in [-0.15, -0.1) is 10.2 Å². The van der Waals surface area contributed by atoms with Crippen molar-refractivity contribution in [2.75, 3.05) is 18.2 Å². The number of nitrogens with one attached hydrogen (secondary N) is 2. The van der Waals surface area contributed by atoms with Crippen LogP contribution in [0.25, 0.3) is 5.69 Å². The molecule has 4 aromatic rings. The van der Waals surface area contributed by atoms with Crippen LogP contribution in [0.5, 0.6) is 11.5 Å². The van der Waals surface area contributed by atoms with Gasteiger partial charge in [-0.1, -0.05) is 63.0 Å². The van der Waals surface area contributed by atoms with Gasteiger partial charge in [0.15, 0.2) is 22.5 Å². The highest BCUT2D eigenvalue weighted by atomic mass is 79.9. The maximum Gasteiger partial charge on any atom is 0.250 e. The van der Waals surface area contributed by atoms with E-state index < -0.39 is 0 Å². The smallest absolute Gasteiger partial charge is 0.250 e. The summed E-state index contributed by atoms with van der Waals surface area (Å²) in [5, 5.41) is 27.6. The van der Waals surface area contributed by atoms with E-state index in [1.54, 1.807) is 34.9 Å². The van der Waals surface area contributed by atoms with Crippen LogP contribution in [-0.4, -0.2) is 44.9 Å². The summed E-state index contributed by atoms with van der Waals surface area (Å²) in [5.41, 5.74) is 5.52. The van der Waals surface area contributed by atoms with E-state index in [1.807, 2.05) is 31.2 Å². The first-order valence-corrected chi connectivity index (χ1v) is 14.0. The molecule has 0 bridgehead atoms. The SMILES string of the molecule is COc1cc(Br)cc(/C=N\NC(=O)CSc2nnc(CNc3cccc(C)c3)n2-c2ccc(Cl)cc2Cl)c1O. The Labute approximate surface area is 247 Å². The molecule has 9 nitrogen and oxygen atoms in total. The van der Waals surface area contributed by atoms with Gasteiger partial charge in [0.2, 0.25) is 0 Å². The van der Waals surface area contributed by atoms with Crippen LogP contribution in [0.3, 0.4) is 0 Å². The number of hydrazone groups is 1. The Kier molecular flexibility index (Phi) is 9.73. The average Bonchev–Trinajstić information content (AvgIpc) is 3.30. The van der Waals surface area contributed by atoms with Gasteiger partial charge in [-0.2, -0.15) is 5.10 Å². The Morgan fingerprint density at radius 3 is 2.77 bits per heavy atom. The summed E-state index contributed by atoms with van der Waals surface area (Å²) in [6.45, 7) is 2.38. The van der Waals surface area contributed by atoms with Crippen LogP contribution in [0.1, 0.15) is 17.0 Å². The largest absolute Gasteiger partial charge is 0.504 e. The van der Waals surface area contributed by atoms with Crippen LogP contribution in [0.15, 0.2) is 69.3 Å². The van der Waals surface area contributed by atoms with Crippen LogP contribution in [0.4, 0.5) is 5.69 Å². The number of aromatic hydroxyl groups is 1. The number of carbonyl (C=O) groups is 1. The van der Waals surface area contributed by atoms with Gasteiger partial charge in [-0.25, -0.2) is 5.43 Å². The molecular weight excluding hydrogens is 627 g/mol. The van der Waals surface area contributed by atoms with Gasteiger partial charge in [-0.05, 0) is 55.0 Å². The molecule has 1 aromatic heterocycles. The molecule has 1 heterocycles. The molecule has 39 heavy (non-hydrogen) atoms. The Bertz CT molecular complexity index is 1530. The van der Waals surface area contributed by atoms with Crippen LogP contribution >= 0.6 is 50.9 Å². The Hall–Kier alpha value is -3.25.